The second-order valence-electron chi connectivity index (χ2n) is 5.55. The fourth-order valence-electron chi connectivity index (χ4n) is 2.48. The van der Waals surface area contributed by atoms with Crippen molar-refractivity contribution in [3.05, 3.63) is 77.3 Å². The van der Waals surface area contributed by atoms with Gasteiger partial charge in [-0.3, -0.25) is 4.79 Å². The third kappa shape index (κ3) is 4.56. The zero-order chi connectivity index (χ0) is 19.2. The second kappa shape index (κ2) is 8.84. The molecule has 3 aromatic rings. The van der Waals surface area contributed by atoms with Crippen LogP contribution in [0, 0.1) is 0 Å². The minimum Gasteiger partial charge on any atom is -0.496 e. The van der Waals surface area contributed by atoms with E-state index in [4.69, 9.17) is 21.1 Å². The summed E-state index contributed by atoms with van der Waals surface area (Å²) >= 11 is 7.75. The van der Waals surface area contributed by atoms with Crippen molar-refractivity contribution in [2.24, 2.45) is 0 Å². The van der Waals surface area contributed by atoms with Crippen LogP contribution in [0.1, 0.15) is 10.4 Å². The molecule has 3 aromatic carbocycles. The topological polar surface area (TPSA) is 47.6 Å². The van der Waals surface area contributed by atoms with Crippen LogP contribution in [0.15, 0.2) is 71.6 Å². The summed E-state index contributed by atoms with van der Waals surface area (Å²) < 4.78 is 11.3. The molecule has 0 aromatic heterocycles. The Morgan fingerprint density at radius 2 is 1.67 bits per heavy atom. The van der Waals surface area contributed by atoms with Gasteiger partial charge < -0.3 is 14.8 Å². The number of benzene rings is 3. The summed E-state index contributed by atoms with van der Waals surface area (Å²) in [6.07, 6.45) is 1.97. The Labute approximate surface area is 167 Å². The summed E-state index contributed by atoms with van der Waals surface area (Å²) in [5.41, 5.74) is 0.987. The summed E-state index contributed by atoms with van der Waals surface area (Å²) in [7, 11) is 1.55. The molecule has 1 N–H and O–H groups in total. The molecule has 138 valence electrons. The van der Waals surface area contributed by atoms with Crippen molar-refractivity contribution in [3.63, 3.8) is 0 Å². The van der Waals surface area contributed by atoms with E-state index in [1.807, 2.05) is 42.7 Å². The number of carbonyl (C=O) groups excluding carboxylic acids is 1. The van der Waals surface area contributed by atoms with Crippen LogP contribution in [0.2, 0.25) is 5.02 Å². The van der Waals surface area contributed by atoms with E-state index in [1.165, 1.54) is 0 Å². The lowest BCUT2D eigenvalue weighted by Crippen LogP contribution is -2.13. The molecule has 0 saturated heterocycles. The second-order valence-corrected chi connectivity index (χ2v) is 6.84. The van der Waals surface area contributed by atoms with Crippen molar-refractivity contribution >= 4 is 35.0 Å². The van der Waals surface area contributed by atoms with Gasteiger partial charge in [-0.25, -0.2) is 0 Å². The van der Waals surface area contributed by atoms with Crippen molar-refractivity contribution in [1.29, 1.82) is 0 Å². The van der Waals surface area contributed by atoms with Crippen LogP contribution in [0.5, 0.6) is 17.2 Å². The molecule has 0 heterocycles. The van der Waals surface area contributed by atoms with Crippen molar-refractivity contribution in [1.82, 2.24) is 0 Å². The number of amides is 1. The first kappa shape index (κ1) is 19.1. The number of ether oxygens (including phenoxy) is 2. The molecule has 0 fully saturated rings. The average molecular weight is 400 g/mol. The van der Waals surface area contributed by atoms with Crippen molar-refractivity contribution in [2.75, 3.05) is 18.7 Å². The molecule has 0 spiro atoms. The lowest BCUT2D eigenvalue weighted by molar-refractivity contribution is 0.102. The molecule has 0 aliphatic heterocycles. The number of nitrogens with one attached hydrogen (secondary N) is 1. The number of para-hydroxylation sites is 3. The van der Waals surface area contributed by atoms with Crippen LogP contribution in [-0.2, 0) is 0 Å². The number of halogens is 1. The van der Waals surface area contributed by atoms with Crippen LogP contribution in [0.4, 0.5) is 5.69 Å². The summed E-state index contributed by atoms with van der Waals surface area (Å²) in [5.74, 6) is 1.25. The Morgan fingerprint density at radius 3 is 2.37 bits per heavy atom. The Kier molecular flexibility index (Phi) is 6.27. The van der Waals surface area contributed by atoms with Gasteiger partial charge in [-0.05, 0) is 48.7 Å². The smallest absolute Gasteiger partial charge is 0.259 e. The molecule has 0 atom stereocenters. The predicted octanol–water partition coefficient (Wildman–Crippen LogP) is 6.12. The van der Waals surface area contributed by atoms with Crippen LogP contribution < -0.4 is 14.8 Å². The summed E-state index contributed by atoms with van der Waals surface area (Å²) in [5, 5.41) is 3.38. The van der Waals surface area contributed by atoms with E-state index >= 15 is 0 Å². The monoisotopic (exact) mass is 399 g/mol. The molecule has 6 heteroatoms. The normalized spacial score (nSPS) is 10.3. The van der Waals surface area contributed by atoms with Crippen molar-refractivity contribution in [3.8, 4) is 17.2 Å². The van der Waals surface area contributed by atoms with E-state index < -0.39 is 0 Å². The summed E-state index contributed by atoms with van der Waals surface area (Å²) in [6, 6.07) is 19.8. The van der Waals surface area contributed by atoms with Gasteiger partial charge in [0.2, 0.25) is 0 Å². The Hall–Kier alpha value is -2.63. The molecule has 0 unspecified atom stereocenters. The first-order valence-electron chi connectivity index (χ1n) is 8.17. The number of carbonyl (C=O) groups is 1. The molecule has 27 heavy (non-hydrogen) atoms. The minimum absolute atomic E-state index is 0.283. The molecule has 1 amide bonds. The van der Waals surface area contributed by atoms with E-state index in [2.05, 4.69) is 5.32 Å². The highest BCUT2D eigenvalue weighted by Crippen LogP contribution is 2.34. The molecular formula is C21H18ClNO3S. The number of methoxy groups -OCH3 is 1. The van der Waals surface area contributed by atoms with E-state index in [9.17, 15) is 4.79 Å². The fraction of sp³-hybridized carbons (Fsp3) is 0.0952. The van der Waals surface area contributed by atoms with Crippen molar-refractivity contribution < 1.29 is 14.3 Å². The van der Waals surface area contributed by atoms with Gasteiger partial charge in [0, 0.05) is 4.90 Å². The van der Waals surface area contributed by atoms with Crippen LogP contribution in [0.3, 0.4) is 0 Å². The maximum absolute atomic E-state index is 12.8. The van der Waals surface area contributed by atoms with Gasteiger partial charge in [-0.15, -0.1) is 11.8 Å². The standard InChI is InChI=1S/C21H18ClNO3S/c1-25-20-13-14(27-2)11-12-15(20)21(24)23-17-8-4-6-10-19(17)26-18-9-5-3-7-16(18)22/h3-13H,1-2H3,(H,23,24). The summed E-state index contributed by atoms with van der Waals surface area (Å²) in [4.78, 5) is 13.8. The molecular weight excluding hydrogens is 382 g/mol. The maximum atomic E-state index is 12.8. The summed E-state index contributed by atoms with van der Waals surface area (Å²) in [6.45, 7) is 0. The van der Waals surface area contributed by atoms with E-state index in [0.29, 0.717) is 33.5 Å². The molecule has 0 aliphatic rings. The van der Waals surface area contributed by atoms with Crippen LogP contribution in [0.25, 0.3) is 0 Å². The lowest BCUT2D eigenvalue weighted by Gasteiger charge is -2.14. The highest BCUT2D eigenvalue weighted by atomic mass is 35.5. The zero-order valence-corrected chi connectivity index (χ0v) is 16.4. The Morgan fingerprint density at radius 1 is 0.963 bits per heavy atom. The largest absolute Gasteiger partial charge is 0.496 e. The van der Waals surface area contributed by atoms with Gasteiger partial charge in [0.15, 0.2) is 5.75 Å². The predicted molar refractivity (Wildman–Crippen MR) is 111 cm³/mol. The maximum Gasteiger partial charge on any atom is 0.259 e. The highest BCUT2D eigenvalue weighted by Gasteiger charge is 2.15. The van der Waals surface area contributed by atoms with Gasteiger partial charge in [-0.2, -0.15) is 0 Å². The number of anilines is 1. The number of hydrogen-bond acceptors (Lipinski definition) is 4. The molecule has 3 rings (SSSR count). The van der Waals surface area contributed by atoms with Crippen LogP contribution in [-0.4, -0.2) is 19.3 Å². The third-order valence-corrected chi connectivity index (χ3v) is 4.88. The number of rotatable bonds is 6. The Bertz CT molecular complexity index is 962. The van der Waals surface area contributed by atoms with Gasteiger partial charge in [0.25, 0.3) is 5.91 Å². The first-order valence-corrected chi connectivity index (χ1v) is 9.77. The zero-order valence-electron chi connectivity index (χ0n) is 14.9. The quantitative estimate of drug-likeness (QED) is 0.507. The SMILES string of the molecule is COc1cc(SC)ccc1C(=O)Nc1ccccc1Oc1ccccc1Cl. The highest BCUT2D eigenvalue weighted by molar-refractivity contribution is 7.98. The molecule has 0 bridgehead atoms. The third-order valence-electron chi connectivity index (χ3n) is 3.85. The van der Waals surface area contributed by atoms with Gasteiger partial charge >= 0.3 is 0 Å². The number of hydrogen-bond donors (Lipinski definition) is 1. The first-order chi connectivity index (χ1) is 13.1. The molecule has 0 aliphatic carbocycles. The van der Waals surface area contributed by atoms with E-state index in [0.717, 1.165) is 4.90 Å². The average Bonchev–Trinajstić information content (AvgIpc) is 2.70. The van der Waals surface area contributed by atoms with Gasteiger partial charge in [0.1, 0.15) is 11.5 Å². The Balaban J connectivity index is 1.86. The fourth-order valence-corrected chi connectivity index (χ4v) is 3.08. The molecule has 0 saturated carbocycles. The molecule has 4 nitrogen and oxygen atoms in total. The number of thioether (sulfide) groups is 1. The minimum atomic E-state index is -0.283. The van der Waals surface area contributed by atoms with E-state index in [-0.39, 0.29) is 5.91 Å². The van der Waals surface area contributed by atoms with Gasteiger partial charge in [0.05, 0.1) is 23.4 Å². The molecule has 0 radical (unpaired) electrons. The lowest BCUT2D eigenvalue weighted by atomic mass is 10.1. The van der Waals surface area contributed by atoms with Crippen molar-refractivity contribution in [2.45, 2.75) is 4.90 Å². The van der Waals surface area contributed by atoms with Crippen LogP contribution >= 0.6 is 23.4 Å². The van der Waals surface area contributed by atoms with Gasteiger partial charge in [-0.1, -0.05) is 35.9 Å². The van der Waals surface area contributed by atoms with E-state index in [1.54, 1.807) is 49.2 Å².